The molecule has 0 spiro atoms. The summed E-state index contributed by atoms with van der Waals surface area (Å²) in [5, 5.41) is 2.84. The highest BCUT2D eigenvalue weighted by Gasteiger charge is 2.33. The van der Waals surface area contributed by atoms with Gasteiger partial charge >= 0.3 is 0 Å². The van der Waals surface area contributed by atoms with Crippen LogP contribution in [0.2, 0.25) is 0 Å². The van der Waals surface area contributed by atoms with E-state index in [0.717, 1.165) is 19.3 Å². The monoisotopic (exact) mass is 241 g/mol. The molecule has 5 nitrogen and oxygen atoms in total. The number of carbonyl (C=O) groups is 2. The average molecular weight is 241 g/mol. The van der Waals surface area contributed by atoms with Gasteiger partial charge in [0.15, 0.2) is 0 Å². The first-order valence-electron chi connectivity index (χ1n) is 6.34. The SMILES string of the molecule is CC1CCCC(N)C1C(=O)NCCCC(N)=O. The molecule has 1 aliphatic rings. The first kappa shape index (κ1) is 14.0. The second kappa shape index (κ2) is 6.59. The Morgan fingerprint density at radius 1 is 1.35 bits per heavy atom. The van der Waals surface area contributed by atoms with Gasteiger partial charge in [-0.15, -0.1) is 0 Å². The molecule has 0 aromatic rings. The smallest absolute Gasteiger partial charge is 0.224 e. The van der Waals surface area contributed by atoms with E-state index in [9.17, 15) is 9.59 Å². The molecule has 0 bridgehead atoms. The van der Waals surface area contributed by atoms with Crippen molar-refractivity contribution >= 4 is 11.8 Å². The lowest BCUT2D eigenvalue weighted by molar-refractivity contribution is -0.128. The van der Waals surface area contributed by atoms with Gasteiger partial charge < -0.3 is 16.8 Å². The third-order valence-corrected chi connectivity index (χ3v) is 3.47. The molecule has 5 heteroatoms. The number of nitrogens with two attached hydrogens (primary N) is 2. The minimum atomic E-state index is -0.331. The number of rotatable bonds is 5. The fraction of sp³-hybridized carbons (Fsp3) is 0.833. The lowest BCUT2D eigenvalue weighted by atomic mass is 9.76. The Balaban J connectivity index is 2.32. The zero-order valence-corrected chi connectivity index (χ0v) is 10.4. The molecular formula is C12H23N3O2. The molecule has 0 aromatic carbocycles. The molecule has 3 atom stereocenters. The number of carbonyl (C=O) groups excluding carboxylic acids is 2. The predicted molar refractivity (Wildman–Crippen MR) is 65.9 cm³/mol. The van der Waals surface area contributed by atoms with Crippen molar-refractivity contribution < 1.29 is 9.59 Å². The Bertz CT molecular complexity index is 271. The molecule has 98 valence electrons. The highest BCUT2D eigenvalue weighted by atomic mass is 16.2. The maximum absolute atomic E-state index is 12.0. The zero-order valence-electron chi connectivity index (χ0n) is 10.4. The van der Waals surface area contributed by atoms with Crippen molar-refractivity contribution in [3.05, 3.63) is 0 Å². The maximum Gasteiger partial charge on any atom is 0.224 e. The van der Waals surface area contributed by atoms with Gasteiger partial charge in [0.1, 0.15) is 0 Å². The Labute approximate surface area is 102 Å². The summed E-state index contributed by atoms with van der Waals surface area (Å²) in [5.41, 5.74) is 11.0. The highest BCUT2D eigenvalue weighted by Crippen LogP contribution is 2.28. The van der Waals surface area contributed by atoms with Crippen molar-refractivity contribution in [1.29, 1.82) is 0 Å². The molecule has 5 N–H and O–H groups in total. The van der Waals surface area contributed by atoms with Crippen LogP contribution in [0, 0.1) is 11.8 Å². The van der Waals surface area contributed by atoms with Crippen molar-refractivity contribution in [2.24, 2.45) is 23.3 Å². The fourth-order valence-electron chi connectivity index (χ4n) is 2.50. The Morgan fingerprint density at radius 2 is 2.06 bits per heavy atom. The van der Waals surface area contributed by atoms with E-state index < -0.39 is 0 Å². The van der Waals surface area contributed by atoms with Gasteiger partial charge in [0, 0.05) is 19.0 Å². The van der Waals surface area contributed by atoms with E-state index in [1.807, 2.05) is 0 Å². The van der Waals surface area contributed by atoms with Crippen LogP contribution in [0.5, 0.6) is 0 Å². The average Bonchev–Trinajstić information content (AvgIpc) is 2.24. The third-order valence-electron chi connectivity index (χ3n) is 3.47. The van der Waals surface area contributed by atoms with E-state index in [4.69, 9.17) is 11.5 Å². The number of hydrogen-bond donors (Lipinski definition) is 3. The highest BCUT2D eigenvalue weighted by molar-refractivity contribution is 5.80. The van der Waals surface area contributed by atoms with Gasteiger partial charge in [-0.3, -0.25) is 9.59 Å². The number of nitrogens with one attached hydrogen (secondary N) is 1. The normalized spacial score (nSPS) is 28.7. The van der Waals surface area contributed by atoms with Crippen molar-refractivity contribution in [1.82, 2.24) is 5.32 Å². The number of amides is 2. The minimum absolute atomic E-state index is 0.0224. The molecule has 3 unspecified atom stereocenters. The van der Waals surface area contributed by atoms with Crippen molar-refractivity contribution in [2.75, 3.05) is 6.54 Å². The molecule has 1 saturated carbocycles. The minimum Gasteiger partial charge on any atom is -0.370 e. The lowest BCUT2D eigenvalue weighted by Gasteiger charge is -2.33. The van der Waals surface area contributed by atoms with Crippen LogP contribution in [0.1, 0.15) is 39.0 Å². The van der Waals surface area contributed by atoms with Crippen LogP contribution in [-0.2, 0) is 9.59 Å². The Hall–Kier alpha value is -1.10. The number of hydrogen-bond acceptors (Lipinski definition) is 3. The van der Waals surface area contributed by atoms with Gasteiger partial charge in [-0.1, -0.05) is 13.3 Å². The second-order valence-corrected chi connectivity index (χ2v) is 4.96. The first-order chi connectivity index (χ1) is 8.02. The zero-order chi connectivity index (χ0) is 12.8. The molecule has 0 saturated heterocycles. The summed E-state index contributed by atoms with van der Waals surface area (Å²) in [6.45, 7) is 2.57. The van der Waals surface area contributed by atoms with Crippen LogP contribution in [0.25, 0.3) is 0 Å². The van der Waals surface area contributed by atoms with Crippen LogP contribution in [0.3, 0.4) is 0 Å². The molecular weight excluding hydrogens is 218 g/mol. The number of primary amides is 1. The molecule has 17 heavy (non-hydrogen) atoms. The van der Waals surface area contributed by atoms with Crippen molar-refractivity contribution in [3.63, 3.8) is 0 Å². The van der Waals surface area contributed by atoms with Gasteiger partial charge in [0.25, 0.3) is 0 Å². The van der Waals surface area contributed by atoms with E-state index in [-0.39, 0.29) is 23.8 Å². The van der Waals surface area contributed by atoms with Crippen molar-refractivity contribution in [2.45, 2.75) is 45.1 Å². The summed E-state index contributed by atoms with van der Waals surface area (Å²) in [4.78, 5) is 22.5. The quantitative estimate of drug-likeness (QED) is 0.597. The van der Waals surface area contributed by atoms with Crippen LogP contribution in [0.4, 0.5) is 0 Å². The van der Waals surface area contributed by atoms with E-state index in [2.05, 4.69) is 12.2 Å². The van der Waals surface area contributed by atoms with E-state index in [1.165, 1.54) is 0 Å². The Morgan fingerprint density at radius 3 is 2.65 bits per heavy atom. The van der Waals surface area contributed by atoms with Gasteiger partial charge in [-0.05, 0) is 25.2 Å². The molecule has 0 radical (unpaired) electrons. The lowest BCUT2D eigenvalue weighted by Crippen LogP contribution is -2.47. The van der Waals surface area contributed by atoms with Gasteiger partial charge in [-0.2, -0.15) is 0 Å². The third kappa shape index (κ3) is 4.34. The second-order valence-electron chi connectivity index (χ2n) is 4.96. The summed E-state index contributed by atoms with van der Waals surface area (Å²) in [6, 6.07) is -0.0325. The summed E-state index contributed by atoms with van der Waals surface area (Å²) in [7, 11) is 0. The molecule has 0 aromatic heterocycles. The maximum atomic E-state index is 12.0. The molecule has 1 aliphatic carbocycles. The summed E-state index contributed by atoms with van der Waals surface area (Å²) in [6.07, 6.45) is 3.99. The standard InChI is InChI=1S/C12H23N3O2/c1-8-4-2-5-9(13)11(8)12(17)15-7-3-6-10(14)16/h8-9,11H,2-7,13H2,1H3,(H2,14,16)(H,15,17). The van der Waals surface area contributed by atoms with Crippen LogP contribution in [-0.4, -0.2) is 24.4 Å². The van der Waals surface area contributed by atoms with E-state index in [1.54, 1.807) is 0 Å². The largest absolute Gasteiger partial charge is 0.370 e. The van der Waals surface area contributed by atoms with Gasteiger partial charge in [-0.25, -0.2) is 0 Å². The Kier molecular flexibility index (Phi) is 5.41. The summed E-state index contributed by atoms with van der Waals surface area (Å²) >= 11 is 0. The fourth-order valence-corrected chi connectivity index (χ4v) is 2.50. The molecule has 1 fully saturated rings. The summed E-state index contributed by atoms with van der Waals surface area (Å²) < 4.78 is 0. The molecule has 2 amide bonds. The van der Waals surface area contributed by atoms with Crippen LogP contribution in [0.15, 0.2) is 0 Å². The summed E-state index contributed by atoms with van der Waals surface area (Å²) in [5.74, 6) is -0.0524. The topological polar surface area (TPSA) is 98.2 Å². The van der Waals surface area contributed by atoms with E-state index in [0.29, 0.717) is 25.3 Å². The van der Waals surface area contributed by atoms with Gasteiger partial charge in [0.2, 0.25) is 11.8 Å². The molecule has 0 heterocycles. The van der Waals surface area contributed by atoms with Gasteiger partial charge in [0.05, 0.1) is 5.92 Å². The van der Waals surface area contributed by atoms with Crippen LogP contribution < -0.4 is 16.8 Å². The van der Waals surface area contributed by atoms with Crippen LogP contribution >= 0.6 is 0 Å². The van der Waals surface area contributed by atoms with E-state index >= 15 is 0 Å². The molecule has 0 aliphatic heterocycles. The predicted octanol–water partition coefficient (Wildman–Crippen LogP) is 0.132. The first-order valence-corrected chi connectivity index (χ1v) is 6.34. The molecule has 1 rings (SSSR count). The van der Waals surface area contributed by atoms with Crippen molar-refractivity contribution in [3.8, 4) is 0 Å².